The second kappa shape index (κ2) is 6.51. The maximum atomic E-state index is 11.6. The van der Waals surface area contributed by atoms with Crippen molar-refractivity contribution in [3.63, 3.8) is 0 Å². The SMILES string of the molecule is CC(C)NC(=O)NC(=O)CN1C[C@@H](C)[C@H](C(=O)O)C1. The van der Waals surface area contributed by atoms with E-state index in [9.17, 15) is 14.4 Å². The summed E-state index contributed by atoms with van der Waals surface area (Å²) in [5, 5.41) is 13.8. The van der Waals surface area contributed by atoms with Crippen LogP contribution in [0.1, 0.15) is 20.8 Å². The fourth-order valence-electron chi connectivity index (χ4n) is 2.19. The molecule has 3 N–H and O–H groups in total. The van der Waals surface area contributed by atoms with E-state index in [0.717, 1.165) is 0 Å². The molecule has 0 aliphatic carbocycles. The minimum absolute atomic E-state index is 0.00907. The zero-order chi connectivity index (χ0) is 14.6. The summed E-state index contributed by atoms with van der Waals surface area (Å²) >= 11 is 0. The Morgan fingerprint density at radius 3 is 2.42 bits per heavy atom. The van der Waals surface area contributed by atoms with Crippen LogP contribution in [0.25, 0.3) is 0 Å². The lowest BCUT2D eigenvalue weighted by molar-refractivity contribution is -0.142. The fraction of sp³-hybridized carbons (Fsp3) is 0.750. The summed E-state index contributed by atoms with van der Waals surface area (Å²) in [5.74, 6) is -1.70. The molecule has 2 atom stereocenters. The van der Waals surface area contributed by atoms with Crippen molar-refractivity contribution in [2.45, 2.75) is 26.8 Å². The number of nitrogens with one attached hydrogen (secondary N) is 2. The van der Waals surface area contributed by atoms with Gasteiger partial charge in [0.2, 0.25) is 5.91 Å². The molecule has 1 saturated heterocycles. The van der Waals surface area contributed by atoms with Gasteiger partial charge < -0.3 is 10.4 Å². The number of likely N-dealkylation sites (tertiary alicyclic amines) is 1. The summed E-state index contributed by atoms with van der Waals surface area (Å²) in [6.45, 7) is 6.38. The predicted molar refractivity (Wildman–Crippen MR) is 68.5 cm³/mol. The van der Waals surface area contributed by atoms with Crippen molar-refractivity contribution in [1.29, 1.82) is 0 Å². The Hall–Kier alpha value is -1.63. The first kappa shape index (κ1) is 15.4. The van der Waals surface area contributed by atoms with Crippen LogP contribution in [-0.2, 0) is 9.59 Å². The summed E-state index contributed by atoms with van der Waals surface area (Å²) in [4.78, 5) is 35.6. The molecule has 0 aromatic heterocycles. The molecule has 0 bridgehead atoms. The van der Waals surface area contributed by atoms with Crippen molar-refractivity contribution in [2.24, 2.45) is 11.8 Å². The van der Waals surface area contributed by atoms with Gasteiger partial charge in [-0.1, -0.05) is 6.92 Å². The van der Waals surface area contributed by atoms with E-state index in [4.69, 9.17) is 5.11 Å². The van der Waals surface area contributed by atoms with Crippen LogP contribution < -0.4 is 10.6 Å². The summed E-state index contributed by atoms with van der Waals surface area (Å²) in [5.41, 5.74) is 0. The Balaban J connectivity index is 2.38. The van der Waals surface area contributed by atoms with E-state index < -0.39 is 23.8 Å². The van der Waals surface area contributed by atoms with Crippen LogP contribution >= 0.6 is 0 Å². The molecule has 0 spiro atoms. The minimum Gasteiger partial charge on any atom is -0.481 e. The molecule has 0 radical (unpaired) electrons. The van der Waals surface area contributed by atoms with Crippen molar-refractivity contribution in [2.75, 3.05) is 19.6 Å². The van der Waals surface area contributed by atoms with E-state index in [-0.39, 0.29) is 18.5 Å². The molecule has 0 unspecified atom stereocenters. The van der Waals surface area contributed by atoms with Gasteiger partial charge in [0.15, 0.2) is 0 Å². The van der Waals surface area contributed by atoms with Crippen molar-refractivity contribution in [3.05, 3.63) is 0 Å². The highest BCUT2D eigenvalue weighted by Crippen LogP contribution is 2.22. The number of amides is 3. The Kier molecular flexibility index (Phi) is 5.29. The molecule has 1 fully saturated rings. The maximum Gasteiger partial charge on any atom is 0.321 e. The molecular formula is C12H21N3O4. The second-order valence-electron chi connectivity index (χ2n) is 5.29. The number of imide groups is 1. The van der Waals surface area contributed by atoms with Crippen LogP contribution in [-0.4, -0.2) is 53.6 Å². The highest BCUT2D eigenvalue weighted by molar-refractivity contribution is 5.95. The number of carbonyl (C=O) groups excluding carboxylic acids is 2. The van der Waals surface area contributed by atoms with Crippen LogP contribution in [0.4, 0.5) is 4.79 Å². The molecule has 1 aliphatic rings. The van der Waals surface area contributed by atoms with Gasteiger partial charge in [-0.25, -0.2) is 4.79 Å². The molecule has 7 heteroatoms. The van der Waals surface area contributed by atoms with Gasteiger partial charge in [0.1, 0.15) is 0 Å². The van der Waals surface area contributed by atoms with Gasteiger partial charge in [-0.3, -0.25) is 19.8 Å². The van der Waals surface area contributed by atoms with Crippen LogP contribution in [0.2, 0.25) is 0 Å². The standard InChI is InChI=1S/C12H21N3O4/c1-7(2)13-12(19)14-10(16)6-15-4-8(3)9(5-15)11(17)18/h7-9H,4-6H2,1-3H3,(H,17,18)(H2,13,14,16,19)/t8-,9-/m1/s1. The number of carboxylic acid groups (broad SMARTS) is 1. The average molecular weight is 271 g/mol. The van der Waals surface area contributed by atoms with Crippen molar-refractivity contribution in [1.82, 2.24) is 15.5 Å². The molecule has 19 heavy (non-hydrogen) atoms. The van der Waals surface area contributed by atoms with Crippen molar-refractivity contribution in [3.8, 4) is 0 Å². The Bertz CT molecular complexity index is 370. The third kappa shape index (κ3) is 4.86. The Morgan fingerprint density at radius 1 is 1.32 bits per heavy atom. The first-order chi connectivity index (χ1) is 8.79. The molecule has 0 aromatic carbocycles. The first-order valence-corrected chi connectivity index (χ1v) is 6.35. The van der Waals surface area contributed by atoms with Crippen LogP contribution in [0.15, 0.2) is 0 Å². The van der Waals surface area contributed by atoms with E-state index in [1.54, 1.807) is 18.7 Å². The van der Waals surface area contributed by atoms with Gasteiger partial charge in [-0.15, -0.1) is 0 Å². The van der Waals surface area contributed by atoms with E-state index >= 15 is 0 Å². The lowest BCUT2D eigenvalue weighted by Gasteiger charge is -2.15. The number of hydrogen-bond acceptors (Lipinski definition) is 4. The molecule has 0 saturated carbocycles. The van der Waals surface area contributed by atoms with Crippen molar-refractivity contribution < 1.29 is 19.5 Å². The molecule has 1 aliphatic heterocycles. The molecule has 1 rings (SSSR count). The number of carbonyl (C=O) groups is 3. The highest BCUT2D eigenvalue weighted by Gasteiger charge is 2.35. The third-order valence-corrected chi connectivity index (χ3v) is 3.05. The highest BCUT2D eigenvalue weighted by atomic mass is 16.4. The summed E-state index contributed by atoms with van der Waals surface area (Å²) < 4.78 is 0. The van der Waals surface area contributed by atoms with Crippen LogP contribution in [0, 0.1) is 11.8 Å². The van der Waals surface area contributed by atoms with Gasteiger partial charge in [0.05, 0.1) is 12.5 Å². The second-order valence-corrected chi connectivity index (χ2v) is 5.29. The van der Waals surface area contributed by atoms with Crippen molar-refractivity contribution >= 4 is 17.9 Å². The lowest BCUT2D eigenvalue weighted by Crippen LogP contribution is -2.46. The van der Waals surface area contributed by atoms with E-state index in [1.807, 2.05) is 6.92 Å². The third-order valence-electron chi connectivity index (χ3n) is 3.05. The maximum absolute atomic E-state index is 11.6. The topological polar surface area (TPSA) is 98.7 Å². The fourth-order valence-corrected chi connectivity index (χ4v) is 2.19. The zero-order valence-corrected chi connectivity index (χ0v) is 11.5. The smallest absolute Gasteiger partial charge is 0.321 e. The van der Waals surface area contributed by atoms with E-state index in [1.165, 1.54) is 0 Å². The Labute approximate surface area is 112 Å². The number of hydrogen-bond donors (Lipinski definition) is 3. The van der Waals surface area contributed by atoms with Gasteiger partial charge in [0.25, 0.3) is 0 Å². The number of nitrogens with zero attached hydrogens (tertiary/aromatic N) is 1. The molecule has 3 amide bonds. The van der Waals surface area contributed by atoms with E-state index in [0.29, 0.717) is 13.1 Å². The van der Waals surface area contributed by atoms with Gasteiger partial charge in [-0.2, -0.15) is 0 Å². The quantitative estimate of drug-likeness (QED) is 0.661. The lowest BCUT2D eigenvalue weighted by atomic mass is 9.99. The summed E-state index contributed by atoms with van der Waals surface area (Å²) in [6.07, 6.45) is 0. The van der Waals surface area contributed by atoms with E-state index in [2.05, 4.69) is 10.6 Å². The molecule has 7 nitrogen and oxygen atoms in total. The normalized spacial score (nSPS) is 23.4. The number of rotatable bonds is 4. The Morgan fingerprint density at radius 2 is 1.95 bits per heavy atom. The summed E-state index contributed by atoms with van der Waals surface area (Å²) in [6, 6.07) is -0.571. The first-order valence-electron chi connectivity index (χ1n) is 6.35. The predicted octanol–water partition coefficient (Wildman–Crippen LogP) is -0.127. The number of aliphatic carboxylic acids is 1. The molecule has 108 valence electrons. The molecular weight excluding hydrogens is 250 g/mol. The average Bonchev–Trinajstić information content (AvgIpc) is 2.57. The van der Waals surface area contributed by atoms with Crippen LogP contribution in [0.5, 0.6) is 0 Å². The monoisotopic (exact) mass is 271 g/mol. The largest absolute Gasteiger partial charge is 0.481 e. The number of urea groups is 1. The summed E-state index contributed by atoms with van der Waals surface area (Å²) in [7, 11) is 0. The minimum atomic E-state index is -0.840. The van der Waals surface area contributed by atoms with Crippen LogP contribution in [0.3, 0.4) is 0 Å². The van der Waals surface area contributed by atoms with Gasteiger partial charge >= 0.3 is 12.0 Å². The van der Waals surface area contributed by atoms with Gasteiger partial charge in [0, 0.05) is 19.1 Å². The zero-order valence-electron chi connectivity index (χ0n) is 11.5. The van der Waals surface area contributed by atoms with Gasteiger partial charge in [-0.05, 0) is 19.8 Å². The molecule has 1 heterocycles. The number of carboxylic acids is 1. The molecule has 0 aromatic rings.